The number of hydrogen-bond acceptors (Lipinski definition) is 6. The number of nitrogens with zero attached hydrogens (tertiary/aromatic N) is 2. The Hall–Kier alpha value is -4.30. The van der Waals surface area contributed by atoms with Crippen molar-refractivity contribution >= 4 is 40.0 Å². The first-order valence-electron chi connectivity index (χ1n) is 10.6. The van der Waals surface area contributed by atoms with E-state index in [1.54, 1.807) is 42.7 Å². The standard InChI is InChI=1S/C26H20N4O3S/c1-15-5-6-17(12-16(15)2)21-9-10-23(32-21)24(31)30-26(34)28-19-7-8-22-20(13-19)29-25(33-22)18-4-3-11-27-14-18/h3-14H,1-2H3,(H2,28,30,31,34). The SMILES string of the molecule is Cc1ccc(-c2ccc(C(=O)NC(=S)Nc3ccc4oc(-c5cccnc5)nc4c3)o2)cc1C. The summed E-state index contributed by atoms with van der Waals surface area (Å²) < 4.78 is 11.5. The molecule has 5 rings (SSSR count). The Balaban J connectivity index is 1.26. The lowest BCUT2D eigenvalue weighted by Gasteiger charge is -2.08. The third-order valence-corrected chi connectivity index (χ3v) is 5.61. The van der Waals surface area contributed by atoms with Gasteiger partial charge < -0.3 is 14.2 Å². The lowest BCUT2D eigenvalue weighted by Crippen LogP contribution is -2.33. The van der Waals surface area contributed by atoms with Crippen LogP contribution in [0.2, 0.25) is 0 Å². The molecule has 1 amide bonds. The van der Waals surface area contributed by atoms with Gasteiger partial charge in [-0.1, -0.05) is 12.1 Å². The molecule has 0 radical (unpaired) electrons. The normalized spacial score (nSPS) is 10.9. The quantitative estimate of drug-likeness (QED) is 0.318. The highest BCUT2D eigenvalue weighted by atomic mass is 32.1. The monoisotopic (exact) mass is 468 g/mol. The van der Waals surface area contributed by atoms with Crippen LogP contribution in [0.1, 0.15) is 21.7 Å². The number of anilines is 1. The molecule has 3 heterocycles. The number of oxazole rings is 1. The number of carbonyl (C=O) groups excluding carboxylic acids is 1. The topological polar surface area (TPSA) is 93.2 Å². The van der Waals surface area contributed by atoms with Crippen molar-refractivity contribution in [2.45, 2.75) is 13.8 Å². The van der Waals surface area contributed by atoms with Gasteiger partial charge >= 0.3 is 0 Å². The summed E-state index contributed by atoms with van der Waals surface area (Å²) in [7, 11) is 0. The summed E-state index contributed by atoms with van der Waals surface area (Å²) in [5, 5.41) is 5.79. The first-order chi connectivity index (χ1) is 16.5. The van der Waals surface area contributed by atoms with Crippen molar-refractivity contribution in [3.63, 3.8) is 0 Å². The molecule has 0 saturated heterocycles. The van der Waals surface area contributed by atoms with Crippen LogP contribution >= 0.6 is 12.2 Å². The number of benzene rings is 2. The highest BCUT2D eigenvalue weighted by molar-refractivity contribution is 7.80. The molecule has 0 atom stereocenters. The molecule has 0 fully saturated rings. The maximum absolute atomic E-state index is 12.6. The number of aromatic nitrogens is 2. The number of carbonyl (C=O) groups is 1. The minimum Gasteiger partial charge on any atom is -0.451 e. The Bertz CT molecular complexity index is 1520. The number of pyridine rings is 1. The summed E-state index contributed by atoms with van der Waals surface area (Å²) in [6.07, 6.45) is 3.38. The molecule has 3 aromatic heterocycles. The first kappa shape index (κ1) is 21.5. The molecule has 0 saturated carbocycles. The minimum atomic E-state index is -0.436. The highest BCUT2D eigenvalue weighted by Gasteiger charge is 2.15. The summed E-state index contributed by atoms with van der Waals surface area (Å²) in [6.45, 7) is 4.09. The van der Waals surface area contributed by atoms with Gasteiger partial charge in [-0.05, 0) is 85.7 Å². The van der Waals surface area contributed by atoms with Gasteiger partial charge in [0.25, 0.3) is 5.91 Å². The molecule has 168 valence electrons. The Morgan fingerprint density at radius 3 is 2.62 bits per heavy atom. The Labute approximate surface area is 200 Å². The maximum Gasteiger partial charge on any atom is 0.293 e. The molecule has 0 bridgehead atoms. The molecule has 8 heteroatoms. The lowest BCUT2D eigenvalue weighted by atomic mass is 10.1. The predicted molar refractivity (Wildman–Crippen MR) is 135 cm³/mol. The van der Waals surface area contributed by atoms with E-state index in [0.717, 1.165) is 16.7 Å². The van der Waals surface area contributed by atoms with Crippen LogP contribution in [0.15, 0.2) is 81.9 Å². The molecule has 5 aromatic rings. The minimum absolute atomic E-state index is 0.143. The van der Waals surface area contributed by atoms with Gasteiger partial charge in [-0.3, -0.25) is 15.1 Å². The molecule has 34 heavy (non-hydrogen) atoms. The molecule has 0 aliphatic carbocycles. The van der Waals surface area contributed by atoms with Crippen molar-refractivity contribution in [1.29, 1.82) is 0 Å². The van der Waals surface area contributed by atoms with Crippen LogP contribution in [-0.2, 0) is 0 Å². The van der Waals surface area contributed by atoms with Gasteiger partial charge in [0, 0.05) is 23.6 Å². The Morgan fingerprint density at radius 1 is 0.941 bits per heavy atom. The predicted octanol–water partition coefficient (Wildman–Crippen LogP) is 5.89. The van der Waals surface area contributed by atoms with Gasteiger partial charge in [0.05, 0.1) is 5.56 Å². The van der Waals surface area contributed by atoms with Gasteiger partial charge in [0.15, 0.2) is 16.5 Å². The highest BCUT2D eigenvalue weighted by Crippen LogP contribution is 2.26. The zero-order valence-electron chi connectivity index (χ0n) is 18.5. The fourth-order valence-electron chi connectivity index (χ4n) is 3.45. The number of furan rings is 1. The Kier molecular flexibility index (Phi) is 5.65. The van der Waals surface area contributed by atoms with Crippen molar-refractivity contribution in [2.24, 2.45) is 0 Å². The van der Waals surface area contributed by atoms with E-state index < -0.39 is 5.91 Å². The maximum atomic E-state index is 12.6. The molecule has 0 spiro atoms. The third-order valence-electron chi connectivity index (χ3n) is 5.40. The van der Waals surface area contributed by atoms with Crippen LogP contribution in [0.5, 0.6) is 0 Å². The van der Waals surface area contributed by atoms with Crippen LogP contribution < -0.4 is 10.6 Å². The van der Waals surface area contributed by atoms with E-state index in [9.17, 15) is 4.79 Å². The third kappa shape index (κ3) is 4.44. The second kappa shape index (κ2) is 8.92. The van der Waals surface area contributed by atoms with Crippen LogP contribution in [0.4, 0.5) is 5.69 Å². The fraction of sp³-hybridized carbons (Fsp3) is 0.0769. The van der Waals surface area contributed by atoms with E-state index in [2.05, 4.69) is 20.6 Å². The van der Waals surface area contributed by atoms with E-state index in [1.807, 2.05) is 44.2 Å². The number of amides is 1. The average Bonchev–Trinajstić information content (AvgIpc) is 3.49. The van der Waals surface area contributed by atoms with Crippen molar-refractivity contribution in [3.8, 4) is 22.8 Å². The van der Waals surface area contributed by atoms with Crippen LogP contribution in [0.3, 0.4) is 0 Å². The van der Waals surface area contributed by atoms with Crippen LogP contribution in [-0.4, -0.2) is 21.0 Å². The van der Waals surface area contributed by atoms with Crippen molar-refractivity contribution < 1.29 is 13.6 Å². The molecule has 0 unspecified atom stereocenters. The van der Waals surface area contributed by atoms with E-state index >= 15 is 0 Å². The smallest absolute Gasteiger partial charge is 0.293 e. The summed E-state index contributed by atoms with van der Waals surface area (Å²) in [5.74, 6) is 0.834. The molecule has 2 aromatic carbocycles. The number of fused-ring (bicyclic) bond motifs is 1. The van der Waals surface area contributed by atoms with Crippen molar-refractivity contribution in [2.75, 3.05) is 5.32 Å². The zero-order valence-corrected chi connectivity index (χ0v) is 19.3. The van der Waals surface area contributed by atoms with Gasteiger partial charge in [-0.2, -0.15) is 0 Å². The van der Waals surface area contributed by atoms with E-state index in [4.69, 9.17) is 21.1 Å². The van der Waals surface area contributed by atoms with Gasteiger partial charge in [0.1, 0.15) is 11.3 Å². The van der Waals surface area contributed by atoms with Crippen molar-refractivity contribution in [1.82, 2.24) is 15.3 Å². The van der Waals surface area contributed by atoms with E-state index in [1.165, 1.54) is 5.56 Å². The van der Waals surface area contributed by atoms with Gasteiger partial charge in [-0.15, -0.1) is 0 Å². The first-order valence-corrected chi connectivity index (χ1v) is 11.0. The summed E-state index contributed by atoms with van der Waals surface area (Å²) >= 11 is 5.31. The average molecular weight is 469 g/mol. The molecule has 0 aliphatic heterocycles. The molecule has 0 aliphatic rings. The number of aryl methyl sites for hydroxylation is 2. The fourth-order valence-corrected chi connectivity index (χ4v) is 3.67. The van der Waals surface area contributed by atoms with E-state index in [-0.39, 0.29) is 10.9 Å². The van der Waals surface area contributed by atoms with Gasteiger partial charge in [-0.25, -0.2) is 4.98 Å². The summed E-state index contributed by atoms with van der Waals surface area (Å²) in [5.41, 5.74) is 6.00. The number of rotatable bonds is 4. The number of thiocarbonyl (C=S) groups is 1. The second-order valence-corrected chi connectivity index (χ2v) is 8.22. The van der Waals surface area contributed by atoms with Gasteiger partial charge in [0.2, 0.25) is 5.89 Å². The van der Waals surface area contributed by atoms with Crippen molar-refractivity contribution in [3.05, 3.63) is 89.9 Å². The van der Waals surface area contributed by atoms with Crippen LogP contribution in [0, 0.1) is 13.8 Å². The molecule has 2 N–H and O–H groups in total. The molecular weight excluding hydrogens is 448 g/mol. The molecule has 7 nitrogen and oxygen atoms in total. The largest absolute Gasteiger partial charge is 0.451 e. The second-order valence-electron chi connectivity index (χ2n) is 7.81. The number of nitrogens with one attached hydrogen (secondary N) is 2. The number of hydrogen-bond donors (Lipinski definition) is 2. The van der Waals surface area contributed by atoms with Crippen LogP contribution in [0.25, 0.3) is 33.9 Å². The molecular formula is C26H20N4O3S. The Morgan fingerprint density at radius 2 is 1.82 bits per heavy atom. The lowest BCUT2D eigenvalue weighted by molar-refractivity contribution is 0.0951. The van der Waals surface area contributed by atoms with E-state index in [0.29, 0.717) is 28.4 Å². The summed E-state index contributed by atoms with van der Waals surface area (Å²) in [6, 6.07) is 18.5. The summed E-state index contributed by atoms with van der Waals surface area (Å²) in [4.78, 5) is 21.2. The zero-order chi connectivity index (χ0) is 23.7.